The largest absolute Gasteiger partial charge is 0.442 e. The van der Waals surface area contributed by atoms with Crippen LogP contribution in [-0.4, -0.2) is 51.7 Å². The number of aromatic amines is 1. The third kappa shape index (κ3) is 4.13. The molecule has 1 fully saturated rings. The average molecular weight is 506 g/mol. The first-order valence-electron chi connectivity index (χ1n) is 11.9. The van der Waals surface area contributed by atoms with Gasteiger partial charge in [0.05, 0.1) is 30.2 Å². The minimum absolute atomic E-state index is 0.0847. The predicted molar refractivity (Wildman–Crippen MR) is 127 cm³/mol. The fraction of sp³-hybridized carbons (Fsp3) is 0.320. The fourth-order valence-electron chi connectivity index (χ4n) is 4.84. The number of aromatic nitrogens is 4. The van der Waals surface area contributed by atoms with Crippen LogP contribution in [0.3, 0.4) is 0 Å². The van der Waals surface area contributed by atoms with E-state index in [1.165, 1.54) is 17.0 Å². The SMILES string of the molecule is Cc1cc(C(=O)NC[C@H]2CN(c3cc(F)c4c(c3)CCCc3c-4n[nH]c3-c3cc(C)on3)C(=O)O2)no1. The number of amides is 2. The number of benzene rings is 1. The quantitative estimate of drug-likeness (QED) is 0.418. The number of aryl methyl sites for hydroxylation is 3. The summed E-state index contributed by atoms with van der Waals surface area (Å²) in [6.07, 6.45) is 0.876. The van der Waals surface area contributed by atoms with Gasteiger partial charge in [0.2, 0.25) is 0 Å². The van der Waals surface area contributed by atoms with Gasteiger partial charge in [-0.1, -0.05) is 10.3 Å². The van der Waals surface area contributed by atoms with Gasteiger partial charge in [-0.05, 0) is 50.8 Å². The molecule has 1 atom stereocenters. The average Bonchev–Trinajstić information content (AvgIpc) is 3.64. The van der Waals surface area contributed by atoms with Crippen molar-refractivity contribution in [3.05, 3.63) is 58.4 Å². The van der Waals surface area contributed by atoms with Gasteiger partial charge in [-0.3, -0.25) is 14.8 Å². The summed E-state index contributed by atoms with van der Waals surface area (Å²) in [4.78, 5) is 26.2. The van der Waals surface area contributed by atoms with Crippen molar-refractivity contribution in [3.63, 3.8) is 0 Å². The van der Waals surface area contributed by atoms with Crippen molar-refractivity contribution < 1.29 is 27.8 Å². The summed E-state index contributed by atoms with van der Waals surface area (Å²) in [6.45, 7) is 3.74. The molecular weight excluding hydrogens is 483 g/mol. The van der Waals surface area contributed by atoms with Crippen molar-refractivity contribution in [1.29, 1.82) is 0 Å². The normalized spacial score (nSPS) is 16.8. The molecule has 4 heterocycles. The highest BCUT2D eigenvalue weighted by Gasteiger charge is 2.34. The summed E-state index contributed by atoms with van der Waals surface area (Å²) in [6, 6.07) is 6.45. The Bertz CT molecular complexity index is 1520. The number of nitrogens with one attached hydrogen (secondary N) is 2. The summed E-state index contributed by atoms with van der Waals surface area (Å²) in [5, 5.41) is 17.8. The number of halogens is 1. The molecule has 12 heteroatoms. The lowest BCUT2D eigenvalue weighted by Gasteiger charge is -2.17. The predicted octanol–water partition coefficient (Wildman–Crippen LogP) is 3.72. The van der Waals surface area contributed by atoms with Gasteiger partial charge in [-0.25, -0.2) is 9.18 Å². The molecule has 0 bridgehead atoms. The van der Waals surface area contributed by atoms with Crippen LogP contribution in [-0.2, 0) is 17.6 Å². The van der Waals surface area contributed by atoms with Gasteiger partial charge >= 0.3 is 6.09 Å². The summed E-state index contributed by atoms with van der Waals surface area (Å²) in [5.41, 5.74) is 4.49. The highest BCUT2D eigenvalue weighted by atomic mass is 19.1. The van der Waals surface area contributed by atoms with Crippen LogP contribution in [0, 0.1) is 19.7 Å². The van der Waals surface area contributed by atoms with Crippen LogP contribution in [0.1, 0.15) is 39.6 Å². The molecule has 37 heavy (non-hydrogen) atoms. The number of hydrogen-bond donors (Lipinski definition) is 2. The molecule has 4 aromatic rings. The maximum Gasteiger partial charge on any atom is 0.414 e. The number of anilines is 1. The zero-order valence-electron chi connectivity index (χ0n) is 20.1. The molecule has 3 aromatic heterocycles. The lowest BCUT2D eigenvalue weighted by molar-refractivity contribution is 0.0907. The fourth-order valence-corrected chi connectivity index (χ4v) is 4.84. The first kappa shape index (κ1) is 23.0. The monoisotopic (exact) mass is 506 g/mol. The Morgan fingerprint density at radius 1 is 1.16 bits per heavy atom. The molecule has 190 valence electrons. The lowest BCUT2D eigenvalue weighted by atomic mass is 9.99. The number of carbonyl (C=O) groups excluding carboxylic acids is 2. The summed E-state index contributed by atoms with van der Waals surface area (Å²) >= 11 is 0. The third-order valence-electron chi connectivity index (χ3n) is 6.55. The highest BCUT2D eigenvalue weighted by molar-refractivity contribution is 5.93. The molecule has 11 nitrogen and oxygen atoms in total. The molecule has 0 unspecified atom stereocenters. The minimum Gasteiger partial charge on any atom is -0.442 e. The van der Waals surface area contributed by atoms with E-state index in [0.717, 1.165) is 23.2 Å². The highest BCUT2D eigenvalue weighted by Crippen LogP contribution is 2.39. The van der Waals surface area contributed by atoms with Crippen LogP contribution in [0.4, 0.5) is 14.9 Å². The second-order valence-electron chi connectivity index (χ2n) is 9.21. The van der Waals surface area contributed by atoms with E-state index in [9.17, 15) is 9.59 Å². The topological polar surface area (TPSA) is 139 Å². The van der Waals surface area contributed by atoms with Crippen LogP contribution in [0.5, 0.6) is 0 Å². The number of cyclic esters (lactones) is 1. The first-order valence-corrected chi connectivity index (χ1v) is 11.9. The molecule has 6 rings (SSSR count). The van der Waals surface area contributed by atoms with Crippen molar-refractivity contribution in [2.75, 3.05) is 18.0 Å². The molecule has 0 spiro atoms. The number of H-pyrrole nitrogens is 1. The van der Waals surface area contributed by atoms with Gasteiger partial charge in [-0.15, -0.1) is 0 Å². The zero-order chi connectivity index (χ0) is 25.7. The van der Waals surface area contributed by atoms with Crippen LogP contribution in [0.25, 0.3) is 22.6 Å². The van der Waals surface area contributed by atoms with Crippen LogP contribution in [0.2, 0.25) is 0 Å². The Labute approximate surface area is 209 Å². The Kier molecular flexibility index (Phi) is 5.50. The number of hydrogen-bond acceptors (Lipinski definition) is 8. The van der Waals surface area contributed by atoms with Crippen molar-refractivity contribution in [1.82, 2.24) is 25.8 Å². The van der Waals surface area contributed by atoms with E-state index in [4.69, 9.17) is 13.8 Å². The molecule has 0 saturated carbocycles. The molecule has 2 aliphatic rings. The van der Waals surface area contributed by atoms with Crippen molar-refractivity contribution >= 4 is 17.7 Å². The second kappa shape index (κ2) is 8.87. The van der Waals surface area contributed by atoms with Crippen LogP contribution >= 0.6 is 0 Å². The lowest BCUT2D eigenvalue weighted by Crippen LogP contribution is -2.34. The van der Waals surface area contributed by atoms with Gasteiger partial charge in [0.1, 0.15) is 29.1 Å². The van der Waals surface area contributed by atoms with Crippen LogP contribution in [0.15, 0.2) is 33.3 Å². The Morgan fingerprint density at radius 2 is 1.97 bits per heavy atom. The molecule has 1 aromatic carbocycles. The molecule has 2 amide bonds. The molecule has 0 radical (unpaired) electrons. The van der Waals surface area contributed by atoms with Gasteiger partial charge in [0, 0.05) is 23.3 Å². The number of carbonyl (C=O) groups is 2. The van der Waals surface area contributed by atoms with Crippen molar-refractivity contribution in [2.24, 2.45) is 0 Å². The van der Waals surface area contributed by atoms with E-state index in [1.807, 2.05) is 12.1 Å². The zero-order valence-corrected chi connectivity index (χ0v) is 20.1. The van der Waals surface area contributed by atoms with Crippen LogP contribution < -0.4 is 10.2 Å². The Morgan fingerprint density at radius 3 is 2.73 bits per heavy atom. The molecule has 2 N–H and O–H groups in total. The molecular formula is C25H23FN6O5. The van der Waals surface area contributed by atoms with E-state index < -0.39 is 23.9 Å². The number of nitrogens with zero attached hydrogens (tertiary/aromatic N) is 4. The molecule has 1 aliphatic carbocycles. The van der Waals surface area contributed by atoms with Gasteiger partial charge in [-0.2, -0.15) is 5.10 Å². The third-order valence-corrected chi connectivity index (χ3v) is 6.55. The smallest absolute Gasteiger partial charge is 0.414 e. The van der Waals surface area contributed by atoms with Gasteiger partial charge < -0.3 is 19.1 Å². The molecule has 1 aliphatic heterocycles. The van der Waals surface area contributed by atoms with Crippen molar-refractivity contribution in [3.8, 4) is 22.6 Å². The van der Waals surface area contributed by atoms with Gasteiger partial charge in [0.15, 0.2) is 5.69 Å². The number of rotatable bonds is 5. The second-order valence-corrected chi connectivity index (χ2v) is 9.21. The molecule has 1 saturated heterocycles. The Hall–Kier alpha value is -4.48. The standard InChI is InChI=1S/C25H23FN6O5/c1-12-6-19(30-36-12)22-17-5-3-4-14-8-15(9-18(26)21(14)23(17)29-28-22)32-11-16(35-25(32)34)10-27-24(33)20-7-13(2)37-31-20/h6-9,16H,3-5,10-11H2,1-2H3,(H,27,33)(H,28,29)/t16-/m0/s1. The summed E-state index contributed by atoms with van der Waals surface area (Å²) < 4.78 is 31.1. The number of ether oxygens (including phenoxy) is 1. The van der Waals surface area contributed by atoms with E-state index >= 15 is 4.39 Å². The van der Waals surface area contributed by atoms with E-state index in [2.05, 4.69) is 25.8 Å². The summed E-state index contributed by atoms with van der Waals surface area (Å²) in [5.74, 6) is 0.278. The maximum atomic E-state index is 15.6. The van der Waals surface area contributed by atoms with E-state index in [-0.39, 0.29) is 18.8 Å². The van der Waals surface area contributed by atoms with Crippen molar-refractivity contribution in [2.45, 2.75) is 39.2 Å². The van der Waals surface area contributed by atoms with E-state index in [0.29, 0.717) is 47.0 Å². The van der Waals surface area contributed by atoms with Gasteiger partial charge in [0.25, 0.3) is 5.91 Å². The summed E-state index contributed by atoms with van der Waals surface area (Å²) in [7, 11) is 0. The number of fused-ring (bicyclic) bond motifs is 3. The first-order chi connectivity index (χ1) is 17.9. The Balaban J connectivity index is 1.23. The van der Waals surface area contributed by atoms with E-state index in [1.54, 1.807) is 13.8 Å². The minimum atomic E-state index is -0.603. The maximum absolute atomic E-state index is 15.6.